The van der Waals surface area contributed by atoms with E-state index >= 15 is 0 Å². The maximum Gasteiger partial charge on any atom is 0.312 e. The summed E-state index contributed by atoms with van der Waals surface area (Å²) in [4.78, 5) is 28.8. The Bertz CT molecular complexity index is 1050. The Labute approximate surface area is 234 Å². The monoisotopic (exact) mass is 545 g/mol. The molecule has 39 heavy (non-hydrogen) atoms. The highest BCUT2D eigenvalue weighted by molar-refractivity contribution is 5.78. The number of rotatable bonds is 5. The van der Waals surface area contributed by atoms with Crippen LogP contribution in [0.1, 0.15) is 113 Å². The number of hydrogen-bond donors (Lipinski definition) is 1. The summed E-state index contributed by atoms with van der Waals surface area (Å²) in [5.41, 5.74) is 1.34. The first-order valence-electron chi connectivity index (χ1n) is 15.4. The Morgan fingerprint density at radius 1 is 0.974 bits per heavy atom. The average molecular weight is 546 g/mol. The second-order valence-corrected chi connectivity index (χ2v) is 15.9. The number of carbonyl (C=O) groups is 1. The maximum absolute atomic E-state index is 13.8. The molecule has 0 aromatic heterocycles. The first-order valence-corrected chi connectivity index (χ1v) is 15.4. The number of esters is 1. The number of aliphatic hydroxyl groups excluding tert-OH is 1. The van der Waals surface area contributed by atoms with E-state index in [1.165, 1.54) is 5.57 Å². The average Bonchev–Trinajstić information content (AvgIpc) is 2.84. The molecule has 0 heterocycles. The van der Waals surface area contributed by atoms with E-state index in [0.717, 1.165) is 64.2 Å². The molecule has 0 unspecified atom stereocenters. The summed E-state index contributed by atoms with van der Waals surface area (Å²) in [6.07, 6.45) is 12.2. The molecule has 5 rings (SSSR count). The molecule has 0 radical (unpaired) electrons. The Balaban J connectivity index is 1.50. The zero-order valence-corrected chi connectivity index (χ0v) is 25.3. The third-order valence-electron chi connectivity index (χ3n) is 13.5. The van der Waals surface area contributed by atoms with Gasteiger partial charge in [-0.1, -0.05) is 60.1 Å². The summed E-state index contributed by atoms with van der Waals surface area (Å²) in [5.74, 6) is 1.01. The van der Waals surface area contributed by atoms with E-state index in [-0.39, 0.29) is 58.3 Å². The molecule has 0 aromatic carbocycles. The normalized spacial score (nSPS) is 45.9. The molecule has 8 atom stereocenters. The van der Waals surface area contributed by atoms with Crippen molar-refractivity contribution in [2.75, 3.05) is 13.2 Å². The summed E-state index contributed by atoms with van der Waals surface area (Å²) < 4.78 is 5.71. The van der Waals surface area contributed by atoms with Crippen LogP contribution in [0.3, 0.4) is 0 Å². The van der Waals surface area contributed by atoms with E-state index in [0.29, 0.717) is 11.8 Å². The fourth-order valence-corrected chi connectivity index (χ4v) is 11.0. The predicted octanol–water partition coefficient (Wildman–Crippen LogP) is 6.90. The van der Waals surface area contributed by atoms with Crippen LogP contribution in [0.25, 0.3) is 0 Å². The number of hydrogen-bond acceptors (Lipinski definition) is 6. The molecule has 0 amide bonds. The van der Waals surface area contributed by atoms with Gasteiger partial charge >= 0.3 is 5.97 Å². The van der Waals surface area contributed by atoms with Crippen molar-refractivity contribution in [2.24, 2.45) is 50.2 Å². The number of allylic oxidation sites excluding steroid dienone is 2. The minimum Gasteiger partial charge on any atom is -0.463 e. The van der Waals surface area contributed by atoms with Gasteiger partial charge in [-0.05, 0) is 109 Å². The van der Waals surface area contributed by atoms with Crippen LogP contribution in [0.15, 0.2) is 11.6 Å². The van der Waals surface area contributed by atoms with Gasteiger partial charge in [0.05, 0.1) is 11.5 Å². The maximum atomic E-state index is 13.8. The molecule has 4 fully saturated rings. The van der Waals surface area contributed by atoms with Crippen molar-refractivity contribution in [3.63, 3.8) is 0 Å². The van der Waals surface area contributed by atoms with Crippen molar-refractivity contribution < 1.29 is 24.6 Å². The third-order valence-corrected chi connectivity index (χ3v) is 13.5. The quantitative estimate of drug-likeness (QED) is 0.133. The first kappa shape index (κ1) is 28.9. The van der Waals surface area contributed by atoms with Gasteiger partial charge < -0.3 is 14.7 Å². The lowest BCUT2D eigenvalue weighted by molar-refractivity contribution is -0.757. The lowest BCUT2D eigenvalue weighted by Crippen LogP contribution is -2.65. The summed E-state index contributed by atoms with van der Waals surface area (Å²) in [7, 11) is 0. The van der Waals surface area contributed by atoms with Crippen LogP contribution in [0, 0.1) is 60.4 Å². The van der Waals surface area contributed by atoms with Crippen LogP contribution in [0.4, 0.5) is 0 Å². The van der Waals surface area contributed by atoms with Crippen LogP contribution in [0.5, 0.6) is 0 Å². The number of aliphatic hydroxyl groups is 1. The molecule has 0 spiro atoms. The number of ether oxygens (including phenoxy) is 1. The minimum atomic E-state index is -0.836. The zero-order chi connectivity index (χ0) is 28.6. The van der Waals surface area contributed by atoms with Crippen molar-refractivity contribution in [2.45, 2.75) is 119 Å². The summed E-state index contributed by atoms with van der Waals surface area (Å²) in [6.45, 7) is 16.5. The highest BCUT2D eigenvalue weighted by atomic mass is 17.0. The van der Waals surface area contributed by atoms with E-state index in [1.807, 2.05) is 0 Å². The lowest BCUT2D eigenvalue weighted by Gasteiger charge is -2.71. The van der Waals surface area contributed by atoms with Gasteiger partial charge in [-0.25, -0.2) is 0 Å². The molecule has 0 aliphatic heterocycles. The Morgan fingerprint density at radius 2 is 1.67 bits per heavy atom. The fourth-order valence-electron chi connectivity index (χ4n) is 11.0. The predicted molar refractivity (Wildman–Crippen MR) is 149 cm³/mol. The molecule has 7 heteroatoms. The molecule has 0 aromatic rings. The molecular formula is C32H51NO6. The van der Waals surface area contributed by atoms with Crippen molar-refractivity contribution >= 4 is 5.97 Å². The second kappa shape index (κ2) is 9.19. The molecule has 4 saturated carbocycles. The van der Waals surface area contributed by atoms with Crippen LogP contribution >= 0.6 is 0 Å². The smallest absolute Gasteiger partial charge is 0.312 e. The topological polar surface area (TPSA) is 98.9 Å². The van der Waals surface area contributed by atoms with Crippen molar-refractivity contribution in [1.29, 1.82) is 0 Å². The Kier molecular flexibility index (Phi) is 6.80. The second-order valence-electron chi connectivity index (χ2n) is 15.9. The van der Waals surface area contributed by atoms with E-state index in [1.54, 1.807) is 0 Å². The summed E-state index contributed by atoms with van der Waals surface area (Å²) >= 11 is 0. The zero-order valence-electron chi connectivity index (χ0n) is 25.3. The minimum absolute atomic E-state index is 0.0146. The molecule has 220 valence electrons. The third kappa shape index (κ3) is 4.10. The van der Waals surface area contributed by atoms with Crippen LogP contribution in [0.2, 0.25) is 0 Å². The summed E-state index contributed by atoms with van der Waals surface area (Å²) in [6, 6.07) is 0. The van der Waals surface area contributed by atoms with Crippen molar-refractivity contribution in [3.05, 3.63) is 21.8 Å². The van der Waals surface area contributed by atoms with Gasteiger partial charge in [-0.3, -0.25) is 4.79 Å². The standard InChI is InChI=1S/C32H51NO6/c1-27(2)14-16-32(26(35)38-18-19-39-33(36)37)17-15-30(6)21(22(32)20-27)8-9-24-29(5)12-11-25(34)28(3,4)23(29)10-13-31(24,30)7/h8,22-25,34H,9-20H2,1-7H3/t22-,23-,24+,25-,29-,30+,31+,32-/m0/s1. The van der Waals surface area contributed by atoms with Crippen molar-refractivity contribution in [1.82, 2.24) is 0 Å². The van der Waals surface area contributed by atoms with E-state index in [4.69, 9.17) is 4.74 Å². The fraction of sp³-hybridized carbons (Fsp3) is 0.906. The number of nitrogens with zero attached hydrogens (tertiary/aromatic N) is 1. The van der Waals surface area contributed by atoms with Crippen LogP contribution in [-0.2, 0) is 14.4 Å². The van der Waals surface area contributed by atoms with Crippen molar-refractivity contribution in [3.8, 4) is 0 Å². The first-order chi connectivity index (χ1) is 18.0. The van der Waals surface area contributed by atoms with E-state index in [9.17, 15) is 20.0 Å². The van der Waals surface area contributed by atoms with E-state index < -0.39 is 10.5 Å². The SMILES string of the molecule is CC1(C)CC[C@]2(C(=O)OCCO[N+](=O)[O-])CC[C@]3(C)C(=CC[C@@H]4[C@@]5(C)CC[C@H](O)C(C)(C)[C@@H]5CC[C@]43C)[C@@H]2C1. The van der Waals surface area contributed by atoms with Gasteiger partial charge in [0.1, 0.15) is 13.2 Å². The molecule has 0 bridgehead atoms. The highest BCUT2D eigenvalue weighted by Gasteiger charge is 2.69. The largest absolute Gasteiger partial charge is 0.463 e. The van der Waals surface area contributed by atoms with E-state index in [2.05, 4.69) is 59.4 Å². The van der Waals surface area contributed by atoms with Crippen LogP contribution < -0.4 is 0 Å². The Morgan fingerprint density at radius 3 is 2.36 bits per heavy atom. The van der Waals surface area contributed by atoms with Gasteiger partial charge in [0.15, 0.2) is 0 Å². The Hall–Kier alpha value is -1.63. The lowest BCUT2D eigenvalue weighted by atomic mass is 9.33. The van der Waals surface area contributed by atoms with Gasteiger partial charge in [0.2, 0.25) is 0 Å². The molecule has 5 aliphatic rings. The number of fused-ring (bicyclic) bond motifs is 7. The van der Waals surface area contributed by atoms with Gasteiger partial charge in [0, 0.05) is 0 Å². The molecular weight excluding hydrogens is 494 g/mol. The summed E-state index contributed by atoms with van der Waals surface area (Å²) in [5, 5.41) is 20.7. The molecule has 1 N–H and O–H groups in total. The molecule has 7 nitrogen and oxygen atoms in total. The highest BCUT2D eigenvalue weighted by Crippen LogP contribution is 2.75. The number of carbonyl (C=O) groups excluding carboxylic acids is 1. The van der Waals surface area contributed by atoms with Crippen LogP contribution in [-0.4, -0.2) is 35.5 Å². The van der Waals surface area contributed by atoms with Gasteiger partial charge in [-0.2, -0.15) is 0 Å². The molecule has 5 aliphatic carbocycles. The molecule has 0 saturated heterocycles. The van der Waals surface area contributed by atoms with Gasteiger partial charge in [0.25, 0.3) is 5.09 Å². The van der Waals surface area contributed by atoms with Gasteiger partial charge in [-0.15, -0.1) is 10.1 Å².